The molecule has 0 aromatic heterocycles. The monoisotopic (exact) mass is 160 g/mol. The molecular weight excluding hydrogens is 160 g/mol. The Morgan fingerprint density at radius 2 is 1.43 bits per heavy atom. The third-order valence-electron chi connectivity index (χ3n) is 0.167. The summed E-state index contributed by atoms with van der Waals surface area (Å²) in [4.78, 5) is 0. The van der Waals surface area contributed by atoms with Crippen molar-refractivity contribution >= 4 is 41.0 Å². The highest BCUT2D eigenvalue weighted by Crippen LogP contribution is 1.63. The Hall–Kier alpha value is 0.748. The molecular formula is O3Si4. The van der Waals surface area contributed by atoms with Gasteiger partial charge in [-0.15, -0.1) is 0 Å². The largest absolute Gasteiger partial charge is 0.435 e. The third kappa shape index (κ3) is 6.75. The van der Waals surface area contributed by atoms with Gasteiger partial charge >= 0.3 is 20.0 Å². The fourth-order valence-corrected chi connectivity index (χ4v) is 1.28. The Morgan fingerprint density at radius 3 is 1.71 bits per heavy atom. The van der Waals surface area contributed by atoms with Gasteiger partial charge in [0, 0.05) is 0 Å². The van der Waals surface area contributed by atoms with Crippen molar-refractivity contribution in [2.75, 3.05) is 0 Å². The van der Waals surface area contributed by atoms with E-state index >= 15 is 0 Å². The van der Waals surface area contributed by atoms with E-state index in [4.69, 9.17) is 0 Å². The summed E-state index contributed by atoms with van der Waals surface area (Å²) in [6.07, 6.45) is 0. The lowest BCUT2D eigenvalue weighted by molar-refractivity contribution is 0.443. The van der Waals surface area contributed by atoms with E-state index < -0.39 is 0 Å². The molecule has 0 N–H and O–H groups in total. The highest BCUT2D eigenvalue weighted by Gasteiger charge is 1.88. The second kappa shape index (κ2) is 6.75. The molecule has 0 aliphatic rings. The summed E-state index contributed by atoms with van der Waals surface area (Å²) < 4.78 is 13.4. The van der Waals surface area contributed by atoms with Crippen LogP contribution in [0.15, 0.2) is 0 Å². The predicted octanol–water partition coefficient (Wildman–Crippen LogP) is -1.73. The van der Waals surface area contributed by atoms with E-state index in [0.29, 0.717) is 0 Å². The van der Waals surface area contributed by atoms with Crippen molar-refractivity contribution in [1.29, 1.82) is 0 Å². The summed E-state index contributed by atoms with van der Waals surface area (Å²) in [6, 6.07) is 0. The zero-order chi connectivity index (χ0) is 5.54. The van der Waals surface area contributed by atoms with Crippen molar-refractivity contribution in [3.05, 3.63) is 0 Å². The molecule has 3 nitrogen and oxygen atoms in total. The fourth-order valence-electron chi connectivity index (χ4n) is 0.0587. The van der Waals surface area contributed by atoms with E-state index in [2.05, 4.69) is 33.3 Å². The van der Waals surface area contributed by atoms with Gasteiger partial charge in [-0.25, -0.2) is 0 Å². The van der Waals surface area contributed by atoms with Gasteiger partial charge in [-0.1, -0.05) is 0 Å². The average molecular weight is 160 g/mol. The van der Waals surface area contributed by atoms with Crippen molar-refractivity contribution in [2.24, 2.45) is 0 Å². The van der Waals surface area contributed by atoms with Gasteiger partial charge in [-0.2, -0.15) is 0 Å². The molecule has 0 bridgehead atoms. The van der Waals surface area contributed by atoms with Crippen LogP contribution in [0.25, 0.3) is 0 Å². The molecule has 0 atom stereocenters. The minimum Gasteiger partial charge on any atom is -0.435 e. The summed E-state index contributed by atoms with van der Waals surface area (Å²) >= 11 is 0. The van der Waals surface area contributed by atoms with E-state index in [0.717, 1.165) is 0 Å². The van der Waals surface area contributed by atoms with Crippen molar-refractivity contribution in [1.82, 2.24) is 0 Å². The quantitative estimate of drug-likeness (QED) is 0.361. The van der Waals surface area contributed by atoms with E-state index in [9.17, 15) is 0 Å². The first-order valence-electron chi connectivity index (χ1n) is 1.22. The maximum Gasteiger partial charge on any atom is 0.411 e. The molecule has 0 heterocycles. The van der Waals surface area contributed by atoms with Crippen LogP contribution in [0.4, 0.5) is 0 Å². The Balaban J connectivity index is 2.45. The van der Waals surface area contributed by atoms with Crippen LogP contribution in [0.1, 0.15) is 0 Å². The summed E-state index contributed by atoms with van der Waals surface area (Å²) in [5.74, 6) is 0. The summed E-state index contributed by atoms with van der Waals surface area (Å²) in [5, 5.41) is 0. The van der Waals surface area contributed by atoms with Crippen LogP contribution in [0.5, 0.6) is 0 Å². The van der Waals surface area contributed by atoms with E-state index in [1.165, 1.54) is 0 Å². The molecule has 0 fully saturated rings. The van der Waals surface area contributed by atoms with Crippen LogP contribution in [-0.2, 0) is 12.3 Å². The van der Waals surface area contributed by atoms with Crippen LogP contribution >= 0.6 is 0 Å². The van der Waals surface area contributed by atoms with Gasteiger partial charge in [-0.05, 0) is 0 Å². The molecule has 0 aromatic carbocycles. The second-order valence-electron chi connectivity index (χ2n) is 0.473. The third-order valence-corrected chi connectivity index (χ3v) is 1.50. The van der Waals surface area contributed by atoms with Crippen molar-refractivity contribution < 1.29 is 12.3 Å². The lowest BCUT2D eigenvalue weighted by Gasteiger charge is -1.91. The van der Waals surface area contributed by atoms with Crippen molar-refractivity contribution in [2.45, 2.75) is 0 Å². The topological polar surface area (TPSA) is 27.7 Å². The van der Waals surface area contributed by atoms with Crippen molar-refractivity contribution in [3.63, 3.8) is 0 Å². The molecule has 0 saturated heterocycles. The Labute approximate surface area is 53.9 Å². The molecule has 0 aromatic rings. The summed E-state index contributed by atoms with van der Waals surface area (Å²) in [7, 11) is 5.47. The Bertz CT molecular complexity index is 26.1. The van der Waals surface area contributed by atoms with Gasteiger partial charge in [0.15, 0.2) is 0 Å². The molecule has 0 spiro atoms. The minimum absolute atomic E-state index is 0.00849. The minimum atomic E-state index is -0.00849. The smallest absolute Gasteiger partial charge is 0.411 e. The van der Waals surface area contributed by atoms with E-state index in [1.54, 1.807) is 0 Å². The van der Waals surface area contributed by atoms with Gasteiger partial charge in [0.2, 0.25) is 21.0 Å². The number of hydrogen-bond donors (Lipinski definition) is 0. The van der Waals surface area contributed by atoms with Gasteiger partial charge in [0.1, 0.15) is 0 Å². The summed E-state index contributed by atoms with van der Waals surface area (Å²) in [5.41, 5.74) is 0. The number of rotatable bonds is 4. The average Bonchev–Trinajstić information content (AvgIpc) is 1.69. The molecule has 0 unspecified atom stereocenters. The lowest BCUT2D eigenvalue weighted by Crippen LogP contribution is -2.08. The molecule has 7 heavy (non-hydrogen) atoms. The van der Waals surface area contributed by atoms with E-state index in [1.807, 2.05) is 0 Å². The van der Waals surface area contributed by atoms with Crippen LogP contribution in [0.3, 0.4) is 0 Å². The van der Waals surface area contributed by atoms with Crippen molar-refractivity contribution in [3.8, 4) is 0 Å². The maximum absolute atomic E-state index is 4.65. The molecule has 10 radical (unpaired) electrons. The van der Waals surface area contributed by atoms with E-state index in [-0.39, 0.29) is 20.0 Å². The van der Waals surface area contributed by atoms with Gasteiger partial charge in [-0.3, -0.25) is 0 Å². The SMILES string of the molecule is [Si]O[Si]O[Si]O[Si]. The molecule has 34 valence electrons. The highest BCUT2D eigenvalue weighted by atomic mass is 28.4. The Kier molecular flexibility index (Phi) is 7.47. The molecule has 0 amide bonds. The molecule has 0 rings (SSSR count). The summed E-state index contributed by atoms with van der Waals surface area (Å²) in [6.45, 7) is 0. The molecule has 0 aliphatic carbocycles. The fraction of sp³-hybridized carbons (Fsp3) is 0. The highest BCUT2D eigenvalue weighted by molar-refractivity contribution is 6.40. The zero-order valence-electron chi connectivity index (χ0n) is 3.22. The van der Waals surface area contributed by atoms with Gasteiger partial charge in [0.25, 0.3) is 0 Å². The Morgan fingerprint density at radius 1 is 1.00 bits per heavy atom. The molecule has 7 heteroatoms. The van der Waals surface area contributed by atoms with Gasteiger partial charge in [0.05, 0.1) is 0 Å². The number of hydrogen-bond acceptors (Lipinski definition) is 3. The predicted molar refractivity (Wildman–Crippen MR) is 26.3 cm³/mol. The van der Waals surface area contributed by atoms with Crippen LogP contribution < -0.4 is 0 Å². The standard InChI is InChI=1S/O3Si4/c4-1-6-3-7-2-5. The maximum atomic E-state index is 4.65. The second-order valence-corrected chi connectivity index (χ2v) is 3.26. The normalized spacial score (nSPS) is 9.43. The first kappa shape index (κ1) is 7.75. The molecule has 0 aliphatic heterocycles. The van der Waals surface area contributed by atoms with Gasteiger partial charge < -0.3 is 12.3 Å². The van der Waals surface area contributed by atoms with Crippen LogP contribution in [0, 0.1) is 0 Å². The lowest BCUT2D eigenvalue weighted by atomic mass is 15.7. The first-order valence-corrected chi connectivity index (χ1v) is 3.67. The van der Waals surface area contributed by atoms with Crippen LogP contribution in [0.2, 0.25) is 0 Å². The van der Waals surface area contributed by atoms with Crippen LogP contribution in [-0.4, -0.2) is 41.0 Å². The molecule has 0 saturated carbocycles. The zero-order valence-corrected chi connectivity index (χ0v) is 7.22. The first-order chi connectivity index (χ1) is 3.41.